The number of hydrogen-bond acceptors (Lipinski definition) is 6. The van der Waals surface area contributed by atoms with Crippen LogP contribution in [0, 0.1) is 12.8 Å². The van der Waals surface area contributed by atoms with Gasteiger partial charge in [-0.3, -0.25) is 0 Å². The highest BCUT2D eigenvalue weighted by atomic mass is 32.2. The molecule has 0 aromatic carbocycles. The summed E-state index contributed by atoms with van der Waals surface area (Å²) in [6.45, 7) is 13.3. The zero-order valence-corrected chi connectivity index (χ0v) is 20.8. The van der Waals surface area contributed by atoms with Gasteiger partial charge < -0.3 is 9.99 Å². The van der Waals surface area contributed by atoms with Gasteiger partial charge in [0.05, 0.1) is 11.7 Å². The lowest BCUT2D eigenvalue weighted by Gasteiger charge is -2.23. The number of hydrazine groups is 1. The summed E-state index contributed by atoms with van der Waals surface area (Å²) in [6, 6.07) is 0.0421. The highest BCUT2D eigenvalue weighted by Crippen LogP contribution is 2.33. The molecule has 0 radical (unpaired) electrons. The van der Waals surface area contributed by atoms with Crippen molar-refractivity contribution in [1.82, 2.24) is 25.4 Å². The van der Waals surface area contributed by atoms with E-state index in [1.807, 2.05) is 12.3 Å². The smallest absolute Gasteiger partial charge is 0.169 e. The van der Waals surface area contributed by atoms with E-state index in [0.717, 1.165) is 34.7 Å². The predicted octanol–water partition coefficient (Wildman–Crippen LogP) is 6.04. The van der Waals surface area contributed by atoms with Crippen LogP contribution in [0.1, 0.15) is 57.5 Å². The Morgan fingerprint density at radius 3 is 2.84 bits per heavy atom. The van der Waals surface area contributed by atoms with Crippen molar-refractivity contribution in [2.75, 3.05) is 11.5 Å². The van der Waals surface area contributed by atoms with Crippen molar-refractivity contribution in [3.8, 4) is 10.8 Å². The molecule has 5 nitrogen and oxygen atoms in total. The summed E-state index contributed by atoms with van der Waals surface area (Å²) in [5.41, 5.74) is 11.1. The Morgan fingerprint density at radius 2 is 2.13 bits per heavy atom. The average Bonchev–Trinajstić information content (AvgIpc) is 3.48. The first-order valence-corrected chi connectivity index (χ1v) is 13.2. The minimum atomic E-state index is 0.0421. The fraction of sp³-hybridized carbons (Fsp3) is 0.500. The predicted molar refractivity (Wildman–Crippen MR) is 135 cm³/mol. The lowest BCUT2D eigenvalue weighted by Crippen LogP contribution is -2.26. The van der Waals surface area contributed by atoms with E-state index >= 15 is 0 Å². The molecule has 0 saturated carbocycles. The highest BCUT2D eigenvalue weighted by molar-refractivity contribution is 7.99. The summed E-state index contributed by atoms with van der Waals surface area (Å²) in [5, 5.41) is 3.13. The Labute approximate surface area is 195 Å². The second-order valence-corrected chi connectivity index (χ2v) is 10.1. The number of nitrogens with one attached hydrogen (secondary N) is 2. The lowest BCUT2D eigenvalue weighted by molar-refractivity contribution is 0.444. The van der Waals surface area contributed by atoms with Crippen LogP contribution in [0.25, 0.3) is 10.8 Å². The van der Waals surface area contributed by atoms with E-state index in [4.69, 9.17) is 9.97 Å². The van der Waals surface area contributed by atoms with Crippen molar-refractivity contribution in [3.63, 3.8) is 0 Å². The first-order chi connectivity index (χ1) is 15.1. The third kappa shape index (κ3) is 5.90. The minimum absolute atomic E-state index is 0.0421. The number of rotatable bonds is 6. The van der Waals surface area contributed by atoms with Crippen LogP contribution < -0.4 is 10.9 Å². The Kier molecular flexibility index (Phi) is 8.99. The summed E-state index contributed by atoms with van der Waals surface area (Å²) < 4.78 is 2.36. The van der Waals surface area contributed by atoms with E-state index in [1.165, 1.54) is 42.0 Å². The van der Waals surface area contributed by atoms with Crippen molar-refractivity contribution < 1.29 is 0 Å². The molecular formula is C24H35N5S2. The normalized spacial score (nSPS) is 21.2. The number of aryl methyl sites for hydroxylation is 1. The molecule has 2 aromatic heterocycles. The van der Waals surface area contributed by atoms with Gasteiger partial charge in [-0.2, -0.15) is 11.8 Å². The molecule has 2 aliphatic heterocycles. The molecular weight excluding hydrogens is 422 g/mol. The molecule has 0 bridgehead atoms. The molecule has 0 spiro atoms. The van der Waals surface area contributed by atoms with Gasteiger partial charge in [0.25, 0.3) is 0 Å². The van der Waals surface area contributed by atoms with E-state index in [1.54, 1.807) is 17.4 Å². The van der Waals surface area contributed by atoms with Gasteiger partial charge in [0.1, 0.15) is 0 Å². The van der Waals surface area contributed by atoms with Crippen molar-refractivity contribution in [2.45, 2.75) is 59.5 Å². The fourth-order valence-electron chi connectivity index (χ4n) is 3.77. The van der Waals surface area contributed by atoms with Crippen LogP contribution in [0.4, 0.5) is 0 Å². The zero-order valence-electron chi connectivity index (χ0n) is 19.1. The first kappa shape index (κ1) is 23.8. The topological polar surface area (TPSA) is 54.8 Å². The molecule has 1 saturated heterocycles. The molecule has 2 aliphatic rings. The minimum Gasteiger partial charge on any atom is -0.326 e. The summed E-state index contributed by atoms with van der Waals surface area (Å²) >= 11 is 3.75. The molecule has 4 heterocycles. The van der Waals surface area contributed by atoms with Gasteiger partial charge in [-0.15, -0.1) is 11.3 Å². The number of nitrogens with zero attached hydrogens (tertiary/aromatic N) is 3. The van der Waals surface area contributed by atoms with E-state index in [-0.39, 0.29) is 6.04 Å². The van der Waals surface area contributed by atoms with E-state index < -0.39 is 0 Å². The maximum Gasteiger partial charge on any atom is 0.169 e. The third-order valence-corrected chi connectivity index (χ3v) is 7.46. The Bertz CT molecular complexity index is 918. The van der Waals surface area contributed by atoms with Gasteiger partial charge in [-0.1, -0.05) is 45.1 Å². The third-order valence-electron chi connectivity index (χ3n) is 5.32. The molecule has 2 aromatic rings. The molecule has 1 fully saturated rings. The van der Waals surface area contributed by atoms with Crippen LogP contribution in [-0.2, 0) is 6.54 Å². The Balaban J connectivity index is 0.000000858. The van der Waals surface area contributed by atoms with Crippen molar-refractivity contribution in [2.24, 2.45) is 5.92 Å². The Hall–Kier alpha value is -1.83. The number of allylic oxidation sites excluding steroid dienone is 3. The number of aromatic nitrogens is 3. The van der Waals surface area contributed by atoms with Gasteiger partial charge in [-0.25, -0.2) is 15.4 Å². The molecule has 4 rings (SSSR count). The van der Waals surface area contributed by atoms with Crippen LogP contribution in [0.3, 0.4) is 0 Å². The molecule has 7 heteroatoms. The summed E-state index contributed by atoms with van der Waals surface area (Å²) in [5.74, 6) is 4.28. The van der Waals surface area contributed by atoms with Gasteiger partial charge in [0.2, 0.25) is 0 Å². The van der Waals surface area contributed by atoms with Crippen molar-refractivity contribution in [3.05, 3.63) is 59.0 Å². The first-order valence-electron chi connectivity index (χ1n) is 11.2. The van der Waals surface area contributed by atoms with E-state index in [2.05, 4.69) is 72.9 Å². The molecule has 0 aliphatic carbocycles. The fourth-order valence-corrected chi connectivity index (χ4v) is 5.76. The molecule has 31 heavy (non-hydrogen) atoms. The van der Waals surface area contributed by atoms with Gasteiger partial charge in [0.15, 0.2) is 10.8 Å². The second-order valence-electron chi connectivity index (χ2n) is 8.08. The quantitative estimate of drug-likeness (QED) is 0.518. The molecule has 168 valence electrons. The van der Waals surface area contributed by atoms with Crippen molar-refractivity contribution >= 4 is 23.1 Å². The maximum atomic E-state index is 4.96. The highest BCUT2D eigenvalue weighted by Gasteiger charge is 2.26. The SMILES string of the molecule is C=C/C=C\C1=C(C)NNC1c1csc(-c2ncc(C)n2CC2CCCSC2)n1.CCC. The largest absolute Gasteiger partial charge is 0.326 e. The number of thioether (sulfide) groups is 1. The molecule has 2 unspecified atom stereocenters. The zero-order chi connectivity index (χ0) is 22.2. The Morgan fingerprint density at radius 1 is 1.32 bits per heavy atom. The monoisotopic (exact) mass is 457 g/mol. The maximum absolute atomic E-state index is 4.96. The van der Waals surface area contributed by atoms with E-state index in [9.17, 15) is 0 Å². The van der Waals surface area contributed by atoms with Gasteiger partial charge in [-0.05, 0) is 49.7 Å². The second kappa shape index (κ2) is 11.7. The van der Waals surface area contributed by atoms with Crippen LogP contribution in [0.15, 0.2) is 47.7 Å². The van der Waals surface area contributed by atoms with Crippen LogP contribution in [0.5, 0.6) is 0 Å². The van der Waals surface area contributed by atoms with Gasteiger partial charge >= 0.3 is 0 Å². The molecule has 2 atom stereocenters. The van der Waals surface area contributed by atoms with E-state index in [0.29, 0.717) is 0 Å². The summed E-state index contributed by atoms with van der Waals surface area (Å²) in [6.07, 6.45) is 11.7. The average molecular weight is 458 g/mol. The lowest BCUT2D eigenvalue weighted by atomic mass is 10.0. The van der Waals surface area contributed by atoms with Crippen molar-refractivity contribution in [1.29, 1.82) is 0 Å². The van der Waals surface area contributed by atoms with Crippen LogP contribution in [-0.4, -0.2) is 26.0 Å². The molecule has 0 amide bonds. The van der Waals surface area contributed by atoms with Crippen LogP contribution >= 0.6 is 23.1 Å². The number of hydrogen-bond donors (Lipinski definition) is 2. The molecule has 2 N–H and O–H groups in total. The number of imidazole rings is 1. The van der Waals surface area contributed by atoms with Crippen LogP contribution in [0.2, 0.25) is 0 Å². The summed E-state index contributed by atoms with van der Waals surface area (Å²) in [4.78, 5) is 9.66. The standard InChI is InChI=1S/C21H27N5S2.C3H8/c1-4-5-8-17-15(3)24-25-19(17)18-13-28-21(23-18)20-22-10-14(2)26(20)11-16-7-6-9-27-12-16;1-3-2/h4-5,8,10,13,16,19,24-25H,1,6-7,9,11-12H2,2-3H3;3H2,1-2H3/b8-5-;. The number of thiazole rings is 1. The summed E-state index contributed by atoms with van der Waals surface area (Å²) in [7, 11) is 0. The van der Waals surface area contributed by atoms with Gasteiger partial charge in [0, 0.05) is 29.5 Å².